The molecule has 220 valence electrons. The average molecular weight is 545 g/mol. The summed E-state index contributed by atoms with van der Waals surface area (Å²) in [5, 5.41) is 0. The first-order valence-electron chi connectivity index (χ1n) is 16.8. The predicted molar refractivity (Wildman–Crippen MR) is 167 cm³/mol. The molecule has 4 unspecified atom stereocenters. The van der Waals surface area contributed by atoms with Gasteiger partial charge in [-0.2, -0.15) is 0 Å². The molecule has 0 saturated heterocycles. The highest BCUT2D eigenvalue weighted by Gasteiger charge is 2.59. The first kappa shape index (κ1) is 29.7. The molecule has 1 aromatic carbocycles. The molecule has 1 aromatic rings. The molecule has 40 heavy (non-hydrogen) atoms. The van der Waals surface area contributed by atoms with E-state index in [0.717, 1.165) is 67.6 Å². The number of ether oxygens (including phenoxy) is 1. The molecule has 0 aliphatic heterocycles. The minimum absolute atomic E-state index is 0.0141. The van der Waals surface area contributed by atoms with Gasteiger partial charge in [-0.05, 0) is 122 Å². The Kier molecular flexibility index (Phi) is 9.03. The van der Waals surface area contributed by atoms with Crippen LogP contribution in [-0.4, -0.2) is 12.1 Å². The number of esters is 1. The van der Waals surface area contributed by atoms with Gasteiger partial charge in [0.1, 0.15) is 6.10 Å². The maximum absolute atomic E-state index is 13.0. The van der Waals surface area contributed by atoms with Crippen molar-refractivity contribution in [3.63, 3.8) is 0 Å². The van der Waals surface area contributed by atoms with Gasteiger partial charge in [0.05, 0.1) is 5.56 Å². The van der Waals surface area contributed by atoms with E-state index < -0.39 is 0 Å². The molecule has 2 nitrogen and oxygen atoms in total. The van der Waals surface area contributed by atoms with Gasteiger partial charge >= 0.3 is 5.97 Å². The van der Waals surface area contributed by atoms with Crippen LogP contribution >= 0.6 is 0 Å². The SMILES string of the molecule is C=CCCc1ccc(C(=O)OC2CC[C@@]3(C)C(=CCC4C3CC[C@@]3(C)C4CC[C@@H]3[C@H](C)CCCC(C)C)C2)cc1. The molecular weight excluding hydrogens is 488 g/mol. The van der Waals surface area contributed by atoms with Crippen LogP contribution in [-0.2, 0) is 11.2 Å². The molecule has 8 atom stereocenters. The van der Waals surface area contributed by atoms with Crippen molar-refractivity contribution in [2.24, 2.45) is 46.3 Å². The minimum Gasteiger partial charge on any atom is -0.458 e. The first-order chi connectivity index (χ1) is 19.2. The third-order valence-corrected chi connectivity index (χ3v) is 12.4. The molecule has 0 radical (unpaired) electrons. The number of aryl methyl sites for hydroxylation is 1. The Hall–Kier alpha value is -1.83. The summed E-state index contributed by atoms with van der Waals surface area (Å²) in [4.78, 5) is 13.0. The van der Waals surface area contributed by atoms with Crippen molar-refractivity contribution >= 4 is 5.97 Å². The van der Waals surface area contributed by atoms with E-state index in [2.05, 4.69) is 59.4 Å². The smallest absolute Gasteiger partial charge is 0.338 e. The van der Waals surface area contributed by atoms with E-state index in [1.807, 2.05) is 18.2 Å². The van der Waals surface area contributed by atoms with Crippen molar-refractivity contribution in [3.05, 3.63) is 59.7 Å². The second kappa shape index (κ2) is 12.2. The number of benzene rings is 1. The van der Waals surface area contributed by atoms with E-state index in [-0.39, 0.29) is 12.1 Å². The van der Waals surface area contributed by atoms with E-state index in [0.29, 0.717) is 16.4 Å². The highest BCUT2D eigenvalue weighted by Crippen LogP contribution is 2.67. The molecule has 0 heterocycles. The molecule has 3 fully saturated rings. The third-order valence-electron chi connectivity index (χ3n) is 12.4. The van der Waals surface area contributed by atoms with Crippen LogP contribution < -0.4 is 0 Å². The molecule has 0 aromatic heterocycles. The normalized spacial score (nSPS) is 35.8. The van der Waals surface area contributed by atoms with Crippen LogP contribution in [0.3, 0.4) is 0 Å². The van der Waals surface area contributed by atoms with Gasteiger partial charge in [-0.3, -0.25) is 0 Å². The lowest BCUT2D eigenvalue weighted by atomic mass is 9.47. The van der Waals surface area contributed by atoms with Crippen molar-refractivity contribution in [1.82, 2.24) is 0 Å². The van der Waals surface area contributed by atoms with E-state index in [1.54, 1.807) is 5.57 Å². The van der Waals surface area contributed by atoms with E-state index in [9.17, 15) is 4.79 Å². The summed E-state index contributed by atoms with van der Waals surface area (Å²) in [5.41, 5.74) is 4.34. The molecule has 4 aliphatic rings. The van der Waals surface area contributed by atoms with Crippen LogP contribution in [0.1, 0.15) is 128 Å². The number of rotatable bonds is 10. The van der Waals surface area contributed by atoms with Gasteiger partial charge in [0, 0.05) is 6.42 Å². The molecule has 0 amide bonds. The Morgan fingerprint density at radius 3 is 2.52 bits per heavy atom. The molecule has 0 bridgehead atoms. The van der Waals surface area contributed by atoms with Crippen molar-refractivity contribution < 1.29 is 9.53 Å². The summed E-state index contributed by atoms with van der Waals surface area (Å²) in [6, 6.07) is 7.96. The quantitative estimate of drug-likeness (QED) is 0.216. The zero-order valence-corrected chi connectivity index (χ0v) is 26.2. The second-order valence-corrected chi connectivity index (χ2v) is 15.1. The molecule has 5 rings (SSSR count). The second-order valence-electron chi connectivity index (χ2n) is 15.1. The maximum Gasteiger partial charge on any atom is 0.338 e. The van der Waals surface area contributed by atoms with Crippen LogP contribution in [0.2, 0.25) is 0 Å². The maximum atomic E-state index is 13.0. The van der Waals surface area contributed by atoms with Crippen LogP contribution in [0.15, 0.2) is 48.6 Å². The Balaban J connectivity index is 1.21. The van der Waals surface area contributed by atoms with Gasteiger partial charge in [0.15, 0.2) is 0 Å². The van der Waals surface area contributed by atoms with E-state index in [1.165, 1.54) is 56.9 Å². The fraction of sp³-hybridized carbons (Fsp3) is 0.711. The lowest BCUT2D eigenvalue weighted by Gasteiger charge is -2.58. The molecule has 4 aliphatic carbocycles. The Morgan fingerprint density at radius 2 is 1.80 bits per heavy atom. The average Bonchev–Trinajstić information content (AvgIpc) is 3.29. The van der Waals surface area contributed by atoms with E-state index in [4.69, 9.17) is 4.74 Å². The van der Waals surface area contributed by atoms with Crippen LogP contribution in [0.25, 0.3) is 0 Å². The van der Waals surface area contributed by atoms with Crippen LogP contribution in [0.5, 0.6) is 0 Å². The van der Waals surface area contributed by atoms with Crippen molar-refractivity contribution in [2.45, 2.75) is 124 Å². The van der Waals surface area contributed by atoms with Gasteiger partial charge in [-0.15, -0.1) is 6.58 Å². The van der Waals surface area contributed by atoms with Crippen molar-refractivity contribution in [3.8, 4) is 0 Å². The summed E-state index contributed by atoms with van der Waals surface area (Å²) in [5.74, 6) is 4.99. The first-order valence-corrected chi connectivity index (χ1v) is 16.8. The zero-order chi connectivity index (χ0) is 28.5. The number of carbonyl (C=O) groups is 1. The summed E-state index contributed by atoms with van der Waals surface area (Å²) < 4.78 is 6.11. The Labute approximate surface area is 245 Å². The van der Waals surface area contributed by atoms with Crippen molar-refractivity contribution in [1.29, 1.82) is 0 Å². The van der Waals surface area contributed by atoms with Gasteiger partial charge in [0.25, 0.3) is 0 Å². The van der Waals surface area contributed by atoms with Gasteiger partial charge < -0.3 is 4.74 Å². The van der Waals surface area contributed by atoms with Crippen LogP contribution in [0, 0.1) is 46.3 Å². The fourth-order valence-electron chi connectivity index (χ4n) is 10.0. The lowest BCUT2D eigenvalue weighted by molar-refractivity contribution is -0.0594. The van der Waals surface area contributed by atoms with Crippen LogP contribution in [0.4, 0.5) is 0 Å². The fourth-order valence-corrected chi connectivity index (χ4v) is 10.0. The third kappa shape index (κ3) is 5.76. The monoisotopic (exact) mass is 544 g/mol. The molecule has 0 spiro atoms. The summed E-state index contributed by atoms with van der Waals surface area (Å²) in [7, 11) is 0. The highest BCUT2D eigenvalue weighted by atomic mass is 16.5. The topological polar surface area (TPSA) is 26.3 Å². The number of carbonyl (C=O) groups excluding carboxylic acids is 1. The largest absolute Gasteiger partial charge is 0.458 e. The number of allylic oxidation sites excluding steroid dienone is 2. The zero-order valence-electron chi connectivity index (χ0n) is 26.2. The van der Waals surface area contributed by atoms with Crippen molar-refractivity contribution in [2.75, 3.05) is 0 Å². The molecule has 3 saturated carbocycles. The Bertz CT molecular complexity index is 1070. The standard InChI is InChI=1S/C38H56O2/c1-7-8-12-28-13-15-29(16-14-28)36(39)40-31-21-23-37(5)30(25-31)17-18-32-34-20-19-33(27(4)11-9-10-26(2)3)38(34,6)24-22-35(32)37/h7,13-17,26-27,31-35H,1,8-12,18-25H2,2-6H3/t27-,31?,32?,33-,34?,35?,37+,38-/m1/s1. The summed E-state index contributed by atoms with van der Waals surface area (Å²) in [6.07, 6.45) is 20.7. The molecular formula is C38H56O2. The lowest BCUT2D eigenvalue weighted by Crippen LogP contribution is -2.51. The summed E-state index contributed by atoms with van der Waals surface area (Å²) in [6.45, 7) is 16.4. The summed E-state index contributed by atoms with van der Waals surface area (Å²) >= 11 is 0. The Morgan fingerprint density at radius 1 is 1.02 bits per heavy atom. The molecule has 2 heteroatoms. The predicted octanol–water partition coefficient (Wildman–Crippen LogP) is 10.4. The number of hydrogen-bond donors (Lipinski definition) is 0. The van der Waals surface area contributed by atoms with Gasteiger partial charge in [0.2, 0.25) is 0 Å². The van der Waals surface area contributed by atoms with Gasteiger partial charge in [-0.1, -0.05) is 83.7 Å². The number of hydrogen-bond acceptors (Lipinski definition) is 2. The highest BCUT2D eigenvalue weighted by molar-refractivity contribution is 5.89. The van der Waals surface area contributed by atoms with E-state index >= 15 is 0 Å². The minimum atomic E-state index is -0.161. The van der Waals surface area contributed by atoms with Gasteiger partial charge in [-0.25, -0.2) is 4.79 Å². The number of fused-ring (bicyclic) bond motifs is 5. The molecule has 0 N–H and O–H groups in total.